The maximum atomic E-state index is 13.3. The largest absolute Gasteiger partial charge is 0.493 e. The number of aromatic nitrogens is 2. The van der Waals surface area contributed by atoms with Crippen LogP contribution in [0.5, 0.6) is 17.2 Å². The molecule has 1 amide bonds. The third-order valence-corrected chi connectivity index (χ3v) is 5.48. The van der Waals surface area contributed by atoms with Crippen LogP contribution in [-0.2, 0) is 6.54 Å². The van der Waals surface area contributed by atoms with E-state index in [4.69, 9.17) is 19.3 Å². The van der Waals surface area contributed by atoms with Crippen molar-refractivity contribution in [2.24, 2.45) is 0 Å². The van der Waals surface area contributed by atoms with Gasteiger partial charge in [-0.25, -0.2) is 4.68 Å². The topological polar surface area (TPSA) is 74.6 Å². The molecule has 4 aromatic rings. The molecule has 3 aromatic carbocycles. The average molecular weight is 458 g/mol. The minimum Gasteiger partial charge on any atom is -0.493 e. The van der Waals surface area contributed by atoms with Crippen LogP contribution in [0.1, 0.15) is 21.5 Å². The first-order valence-corrected chi connectivity index (χ1v) is 10.8. The molecule has 1 aromatic heterocycles. The lowest BCUT2D eigenvalue weighted by Crippen LogP contribution is -2.23. The first-order chi connectivity index (χ1) is 16.5. The normalized spacial score (nSPS) is 10.6. The number of rotatable bonds is 8. The molecule has 0 spiro atoms. The predicted octanol–water partition coefficient (Wildman–Crippen LogP) is 4.80. The van der Waals surface area contributed by atoms with E-state index in [-0.39, 0.29) is 12.5 Å². The summed E-state index contributed by atoms with van der Waals surface area (Å²) < 4.78 is 17.9. The van der Waals surface area contributed by atoms with Crippen LogP contribution in [0.25, 0.3) is 16.9 Å². The van der Waals surface area contributed by atoms with Gasteiger partial charge in [0.2, 0.25) is 5.75 Å². The number of aryl methyl sites for hydroxylation is 1. The molecule has 0 saturated carbocycles. The molecule has 0 radical (unpaired) electrons. The van der Waals surface area contributed by atoms with E-state index in [0.717, 1.165) is 22.4 Å². The van der Waals surface area contributed by atoms with Crippen LogP contribution in [0.2, 0.25) is 0 Å². The van der Waals surface area contributed by atoms with Gasteiger partial charge >= 0.3 is 0 Å². The van der Waals surface area contributed by atoms with E-state index in [1.807, 2.05) is 73.7 Å². The minimum absolute atomic E-state index is 0.231. The number of nitrogens with one attached hydrogen (secondary N) is 1. The second kappa shape index (κ2) is 10.1. The van der Waals surface area contributed by atoms with Crippen molar-refractivity contribution in [3.8, 4) is 34.2 Å². The van der Waals surface area contributed by atoms with Crippen molar-refractivity contribution in [2.45, 2.75) is 13.5 Å². The Labute approximate surface area is 198 Å². The molecule has 1 N–H and O–H groups in total. The highest BCUT2D eigenvalue weighted by molar-refractivity contribution is 5.99. The molecule has 0 aliphatic rings. The van der Waals surface area contributed by atoms with Gasteiger partial charge in [-0.2, -0.15) is 5.10 Å². The van der Waals surface area contributed by atoms with Gasteiger partial charge in [0.1, 0.15) is 5.69 Å². The van der Waals surface area contributed by atoms with Crippen LogP contribution in [0.4, 0.5) is 0 Å². The summed E-state index contributed by atoms with van der Waals surface area (Å²) in [6, 6.07) is 21.3. The first-order valence-electron chi connectivity index (χ1n) is 10.8. The SMILES string of the molecule is COc1cc(CNC(=O)c2cn(-c3ccc(C)cc3)nc2-c2ccccc2)cc(OC)c1OC. The van der Waals surface area contributed by atoms with Gasteiger partial charge in [-0.1, -0.05) is 48.0 Å². The van der Waals surface area contributed by atoms with Gasteiger partial charge < -0.3 is 19.5 Å². The molecule has 0 bridgehead atoms. The number of carbonyl (C=O) groups excluding carboxylic acids is 1. The molecule has 1 heterocycles. The van der Waals surface area contributed by atoms with Crippen LogP contribution in [0, 0.1) is 6.92 Å². The van der Waals surface area contributed by atoms with Crippen LogP contribution in [0.15, 0.2) is 72.9 Å². The molecule has 4 rings (SSSR count). The number of nitrogens with zero attached hydrogens (tertiary/aromatic N) is 2. The number of hydrogen-bond donors (Lipinski definition) is 1. The quantitative estimate of drug-likeness (QED) is 0.411. The van der Waals surface area contributed by atoms with E-state index in [2.05, 4.69) is 5.32 Å². The molecular weight excluding hydrogens is 430 g/mol. The lowest BCUT2D eigenvalue weighted by molar-refractivity contribution is 0.0951. The average Bonchev–Trinajstić information content (AvgIpc) is 3.33. The third-order valence-electron chi connectivity index (χ3n) is 5.48. The zero-order valence-corrected chi connectivity index (χ0v) is 19.7. The number of carbonyl (C=O) groups is 1. The number of methoxy groups -OCH3 is 3. The van der Waals surface area contributed by atoms with Gasteiger partial charge in [0.15, 0.2) is 11.5 Å². The number of hydrogen-bond acceptors (Lipinski definition) is 5. The second-order valence-corrected chi connectivity index (χ2v) is 7.75. The summed E-state index contributed by atoms with van der Waals surface area (Å²) in [4.78, 5) is 13.3. The number of benzene rings is 3. The van der Waals surface area contributed by atoms with Crippen molar-refractivity contribution >= 4 is 5.91 Å². The van der Waals surface area contributed by atoms with Gasteiger partial charge in [0.05, 0.1) is 32.6 Å². The standard InChI is InChI=1S/C27H27N3O4/c1-18-10-12-21(13-11-18)30-17-22(25(29-30)20-8-6-5-7-9-20)27(31)28-16-19-14-23(32-2)26(34-4)24(15-19)33-3/h5-15,17H,16H2,1-4H3,(H,28,31). The molecule has 0 atom stereocenters. The van der Waals surface area contributed by atoms with Crippen LogP contribution < -0.4 is 19.5 Å². The summed E-state index contributed by atoms with van der Waals surface area (Å²) in [6.45, 7) is 2.31. The number of amides is 1. The summed E-state index contributed by atoms with van der Waals surface area (Å²) in [5.74, 6) is 1.34. The van der Waals surface area contributed by atoms with E-state index in [9.17, 15) is 4.79 Å². The maximum Gasteiger partial charge on any atom is 0.255 e. The zero-order chi connectivity index (χ0) is 24.1. The van der Waals surface area contributed by atoms with E-state index in [1.165, 1.54) is 0 Å². The van der Waals surface area contributed by atoms with Gasteiger partial charge in [-0.05, 0) is 36.8 Å². The zero-order valence-electron chi connectivity index (χ0n) is 19.7. The predicted molar refractivity (Wildman–Crippen MR) is 131 cm³/mol. The van der Waals surface area contributed by atoms with E-state index in [0.29, 0.717) is 28.5 Å². The van der Waals surface area contributed by atoms with Crippen LogP contribution in [0.3, 0.4) is 0 Å². The Kier molecular flexibility index (Phi) is 6.82. The second-order valence-electron chi connectivity index (χ2n) is 7.75. The van der Waals surface area contributed by atoms with Crippen molar-refractivity contribution in [1.82, 2.24) is 15.1 Å². The molecule has 0 saturated heterocycles. The van der Waals surface area contributed by atoms with Gasteiger partial charge in [0, 0.05) is 18.3 Å². The molecule has 0 unspecified atom stereocenters. The minimum atomic E-state index is -0.231. The van der Waals surface area contributed by atoms with E-state index < -0.39 is 0 Å². The molecule has 174 valence electrons. The van der Waals surface area contributed by atoms with E-state index >= 15 is 0 Å². The fraction of sp³-hybridized carbons (Fsp3) is 0.185. The Balaban J connectivity index is 1.64. The highest BCUT2D eigenvalue weighted by atomic mass is 16.5. The van der Waals surface area contributed by atoms with Crippen molar-refractivity contribution in [1.29, 1.82) is 0 Å². The molecule has 0 aliphatic carbocycles. The Hall–Kier alpha value is -4.26. The highest BCUT2D eigenvalue weighted by Gasteiger charge is 2.19. The maximum absolute atomic E-state index is 13.3. The van der Waals surface area contributed by atoms with Crippen LogP contribution >= 0.6 is 0 Å². The summed E-state index contributed by atoms with van der Waals surface area (Å²) in [5, 5.41) is 7.73. The Morgan fingerprint density at radius 3 is 2.15 bits per heavy atom. The molecule has 0 aliphatic heterocycles. The molecule has 7 heteroatoms. The summed E-state index contributed by atoms with van der Waals surface area (Å²) >= 11 is 0. The summed E-state index contributed by atoms with van der Waals surface area (Å²) in [6.07, 6.45) is 1.76. The van der Waals surface area contributed by atoms with Crippen molar-refractivity contribution in [2.75, 3.05) is 21.3 Å². The monoisotopic (exact) mass is 457 g/mol. The van der Waals surface area contributed by atoms with Gasteiger partial charge in [0.25, 0.3) is 5.91 Å². The molecule has 7 nitrogen and oxygen atoms in total. The molecule has 0 fully saturated rings. The third kappa shape index (κ3) is 4.73. The van der Waals surface area contributed by atoms with E-state index in [1.54, 1.807) is 32.2 Å². The number of ether oxygens (including phenoxy) is 3. The summed E-state index contributed by atoms with van der Waals surface area (Å²) in [7, 11) is 4.68. The lowest BCUT2D eigenvalue weighted by atomic mass is 10.1. The van der Waals surface area contributed by atoms with Crippen molar-refractivity contribution in [3.05, 3.63) is 89.6 Å². The summed E-state index contributed by atoms with van der Waals surface area (Å²) in [5.41, 5.74) is 4.82. The van der Waals surface area contributed by atoms with Crippen molar-refractivity contribution in [3.63, 3.8) is 0 Å². The molecular formula is C27H27N3O4. The Morgan fingerprint density at radius 2 is 1.56 bits per heavy atom. The lowest BCUT2D eigenvalue weighted by Gasteiger charge is -2.14. The molecule has 34 heavy (non-hydrogen) atoms. The fourth-order valence-electron chi connectivity index (χ4n) is 3.69. The Bertz CT molecular complexity index is 1260. The van der Waals surface area contributed by atoms with Gasteiger partial charge in [-0.3, -0.25) is 4.79 Å². The Morgan fingerprint density at radius 1 is 0.912 bits per heavy atom. The highest BCUT2D eigenvalue weighted by Crippen LogP contribution is 2.38. The van der Waals surface area contributed by atoms with Crippen molar-refractivity contribution < 1.29 is 19.0 Å². The smallest absolute Gasteiger partial charge is 0.255 e. The van der Waals surface area contributed by atoms with Crippen LogP contribution in [-0.4, -0.2) is 37.0 Å². The first kappa shape index (κ1) is 22.9. The van der Waals surface area contributed by atoms with Gasteiger partial charge in [-0.15, -0.1) is 0 Å². The fourth-order valence-corrected chi connectivity index (χ4v) is 3.69.